The van der Waals surface area contributed by atoms with Crippen LogP contribution >= 0.6 is 0 Å². The van der Waals surface area contributed by atoms with Crippen LogP contribution in [0.15, 0.2) is 0 Å². The Morgan fingerprint density at radius 3 is 2.00 bits per heavy atom. The minimum atomic E-state index is -5.08. The molecule has 124 valence electrons. The van der Waals surface area contributed by atoms with Gasteiger partial charge in [0, 0.05) is 19.1 Å². The number of hydrogen-bond donors (Lipinski definition) is 2. The summed E-state index contributed by atoms with van der Waals surface area (Å²) in [6.45, 7) is 8.98. The maximum absolute atomic E-state index is 10.6. The smallest absolute Gasteiger partial charge is 0.475 e. The topological polar surface area (TPSA) is 61.8 Å². The number of nitrogens with zero attached hydrogens (tertiary/aromatic N) is 1. The normalized spacial score (nSPS) is 28.6. The summed E-state index contributed by atoms with van der Waals surface area (Å²) in [6.07, 6.45) is -1.65. The molecular weight excluding hydrogens is 289 g/mol. The van der Waals surface area contributed by atoms with E-state index in [1.54, 1.807) is 0 Å². The molecular formula is C13H23F3N2O3. The van der Waals surface area contributed by atoms with Crippen LogP contribution in [-0.2, 0) is 9.53 Å². The van der Waals surface area contributed by atoms with Crippen molar-refractivity contribution in [2.45, 2.75) is 51.1 Å². The summed E-state index contributed by atoms with van der Waals surface area (Å²) in [5.41, 5.74) is 0. The van der Waals surface area contributed by atoms with Crippen molar-refractivity contribution >= 4 is 5.97 Å². The molecule has 2 saturated heterocycles. The molecule has 2 aliphatic rings. The predicted molar refractivity (Wildman–Crippen MR) is 71.2 cm³/mol. The number of hydrogen-bond acceptors (Lipinski definition) is 4. The standard InChI is InChI=1S/C11H22N2O.C2HF3O2/c1-9-7-13(8-10(2)14-9)11-3-5-12-6-4-11;3-2(4,5)1(6)7/h9-12H,3-8H2,1-2H3;(H,6,7)/t9-,10+;. The molecule has 2 N–H and O–H groups in total. The molecule has 2 fully saturated rings. The summed E-state index contributed by atoms with van der Waals surface area (Å²) in [6, 6.07) is 0.796. The molecule has 2 aliphatic heterocycles. The maximum atomic E-state index is 10.6. The van der Waals surface area contributed by atoms with Crippen molar-refractivity contribution < 1.29 is 27.8 Å². The highest BCUT2D eigenvalue weighted by Crippen LogP contribution is 2.18. The average Bonchev–Trinajstić information content (AvgIpc) is 2.38. The van der Waals surface area contributed by atoms with E-state index in [1.807, 2.05) is 0 Å². The van der Waals surface area contributed by atoms with Crippen LogP contribution < -0.4 is 5.32 Å². The second-order valence-electron chi connectivity index (χ2n) is 5.50. The lowest BCUT2D eigenvalue weighted by Crippen LogP contribution is -2.52. The quantitative estimate of drug-likeness (QED) is 0.768. The first-order valence-electron chi connectivity index (χ1n) is 7.10. The zero-order valence-electron chi connectivity index (χ0n) is 12.3. The number of alkyl halides is 3. The summed E-state index contributed by atoms with van der Waals surface area (Å²) in [5.74, 6) is -2.76. The van der Waals surface area contributed by atoms with E-state index in [4.69, 9.17) is 14.6 Å². The van der Waals surface area contributed by atoms with E-state index in [0.29, 0.717) is 12.2 Å². The van der Waals surface area contributed by atoms with Crippen LogP contribution in [0, 0.1) is 0 Å². The van der Waals surface area contributed by atoms with Crippen molar-refractivity contribution in [3.05, 3.63) is 0 Å². The molecule has 0 aromatic rings. The molecule has 0 radical (unpaired) electrons. The molecule has 0 aromatic heterocycles. The van der Waals surface area contributed by atoms with Crippen molar-refractivity contribution in [3.8, 4) is 0 Å². The second kappa shape index (κ2) is 7.95. The zero-order valence-corrected chi connectivity index (χ0v) is 12.3. The fourth-order valence-corrected chi connectivity index (χ4v) is 2.69. The Balaban J connectivity index is 0.000000270. The Hall–Kier alpha value is -0.860. The van der Waals surface area contributed by atoms with E-state index in [0.717, 1.165) is 19.1 Å². The number of nitrogens with one attached hydrogen (secondary N) is 1. The molecule has 0 aliphatic carbocycles. The minimum absolute atomic E-state index is 0.411. The van der Waals surface area contributed by atoms with Crippen LogP contribution in [0.2, 0.25) is 0 Å². The van der Waals surface area contributed by atoms with Crippen molar-refractivity contribution in [1.29, 1.82) is 0 Å². The van der Waals surface area contributed by atoms with Crippen molar-refractivity contribution in [1.82, 2.24) is 10.2 Å². The maximum Gasteiger partial charge on any atom is 0.490 e. The number of carboxylic acid groups (broad SMARTS) is 1. The summed E-state index contributed by atoms with van der Waals surface area (Å²) >= 11 is 0. The van der Waals surface area contributed by atoms with Gasteiger partial charge in [0.1, 0.15) is 0 Å². The number of ether oxygens (including phenoxy) is 1. The van der Waals surface area contributed by atoms with Gasteiger partial charge in [-0.2, -0.15) is 13.2 Å². The summed E-state index contributed by atoms with van der Waals surface area (Å²) < 4.78 is 37.5. The molecule has 0 amide bonds. The van der Waals surface area contributed by atoms with Crippen LogP contribution in [0.5, 0.6) is 0 Å². The molecule has 2 atom stereocenters. The predicted octanol–water partition coefficient (Wildman–Crippen LogP) is 1.48. The highest BCUT2D eigenvalue weighted by molar-refractivity contribution is 5.73. The van der Waals surface area contributed by atoms with Gasteiger partial charge in [0.2, 0.25) is 0 Å². The first kappa shape index (κ1) is 18.2. The molecule has 0 bridgehead atoms. The van der Waals surface area contributed by atoms with Gasteiger partial charge in [-0.15, -0.1) is 0 Å². The Morgan fingerprint density at radius 2 is 1.62 bits per heavy atom. The Labute approximate surface area is 122 Å². The van der Waals surface area contributed by atoms with Crippen LogP contribution in [0.25, 0.3) is 0 Å². The molecule has 8 heteroatoms. The number of halogens is 3. The Kier molecular flexibility index (Phi) is 6.89. The molecule has 5 nitrogen and oxygen atoms in total. The monoisotopic (exact) mass is 312 g/mol. The molecule has 2 rings (SSSR count). The lowest BCUT2D eigenvalue weighted by atomic mass is 10.0. The summed E-state index contributed by atoms with van der Waals surface area (Å²) in [5, 5.41) is 10.5. The van der Waals surface area contributed by atoms with Gasteiger partial charge in [0.05, 0.1) is 12.2 Å². The van der Waals surface area contributed by atoms with E-state index in [2.05, 4.69) is 24.1 Å². The van der Waals surface area contributed by atoms with Crippen LogP contribution in [-0.4, -0.2) is 66.6 Å². The van der Waals surface area contributed by atoms with Gasteiger partial charge in [0.25, 0.3) is 0 Å². The van der Waals surface area contributed by atoms with E-state index in [9.17, 15) is 13.2 Å². The van der Waals surface area contributed by atoms with Gasteiger partial charge in [-0.3, -0.25) is 4.90 Å². The molecule has 21 heavy (non-hydrogen) atoms. The van der Waals surface area contributed by atoms with Gasteiger partial charge in [-0.25, -0.2) is 4.79 Å². The molecule has 0 aromatic carbocycles. The Morgan fingerprint density at radius 1 is 1.19 bits per heavy atom. The zero-order chi connectivity index (χ0) is 16.0. The van der Waals surface area contributed by atoms with Crippen molar-refractivity contribution in [2.75, 3.05) is 26.2 Å². The van der Waals surface area contributed by atoms with Gasteiger partial charge >= 0.3 is 12.1 Å². The van der Waals surface area contributed by atoms with Crippen LogP contribution in [0.1, 0.15) is 26.7 Å². The molecule has 0 unspecified atom stereocenters. The van der Waals surface area contributed by atoms with Gasteiger partial charge in [0.15, 0.2) is 0 Å². The molecule has 2 heterocycles. The highest BCUT2D eigenvalue weighted by Gasteiger charge is 2.38. The second-order valence-corrected chi connectivity index (χ2v) is 5.50. The fourth-order valence-electron chi connectivity index (χ4n) is 2.69. The minimum Gasteiger partial charge on any atom is -0.475 e. The third kappa shape index (κ3) is 6.62. The van der Waals surface area contributed by atoms with E-state index >= 15 is 0 Å². The first-order chi connectivity index (χ1) is 9.70. The number of carboxylic acids is 1. The van der Waals surface area contributed by atoms with Crippen molar-refractivity contribution in [3.63, 3.8) is 0 Å². The number of aliphatic carboxylic acids is 1. The number of carbonyl (C=O) groups is 1. The largest absolute Gasteiger partial charge is 0.490 e. The lowest BCUT2D eigenvalue weighted by molar-refractivity contribution is -0.192. The lowest BCUT2D eigenvalue weighted by Gasteiger charge is -2.41. The summed E-state index contributed by atoms with van der Waals surface area (Å²) in [4.78, 5) is 11.5. The van der Waals surface area contributed by atoms with Gasteiger partial charge in [-0.05, 0) is 39.8 Å². The third-order valence-corrected chi connectivity index (χ3v) is 3.52. The Bertz CT molecular complexity index is 323. The molecule has 0 spiro atoms. The van der Waals surface area contributed by atoms with Crippen LogP contribution in [0.4, 0.5) is 13.2 Å². The summed E-state index contributed by atoms with van der Waals surface area (Å²) in [7, 11) is 0. The van der Waals surface area contributed by atoms with E-state index < -0.39 is 12.1 Å². The fraction of sp³-hybridized carbons (Fsp3) is 0.923. The SMILES string of the molecule is C[C@@H]1CN(C2CCNCC2)C[C@H](C)O1.O=C(O)C(F)(F)F. The number of morpholine rings is 1. The average molecular weight is 312 g/mol. The first-order valence-corrected chi connectivity index (χ1v) is 7.10. The van der Waals surface area contributed by atoms with Gasteiger partial charge < -0.3 is 15.2 Å². The number of piperidine rings is 1. The highest BCUT2D eigenvalue weighted by atomic mass is 19.4. The van der Waals surface area contributed by atoms with E-state index in [-0.39, 0.29) is 0 Å². The molecule has 0 saturated carbocycles. The van der Waals surface area contributed by atoms with Crippen LogP contribution in [0.3, 0.4) is 0 Å². The third-order valence-electron chi connectivity index (χ3n) is 3.52. The van der Waals surface area contributed by atoms with Crippen molar-refractivity contribution in [2.24, 2.45) is 0 Å². The van der Waals surface area contributed by atoms with E-state index in [1.165, 1.54) is 25.9 Å². The van der Waals surface area contributed by atoms with Gasteiger partial charge in [-0.1, -0.05) is 0 Å². The number of rotatable bonds is 1.